The first-order valence-corrected chi connectivity index (χ1v) is 3.77. The van der Waals surface area contributed by atoms with Gasteiger partial charge in [0.15, 0.2) is 0 Å². The highest BCUT2D eigenvalue weighted by atomic mass is 19.3. The number of alkyl halides is 2. The van der Waals surface area contributed by atoms with Crippen molar-refractivity contribution in [3.05, 3.63) is 18.0 Å². The van der Waals surface area contributed by atoms with E-state index < -0.39 is 6.55 Å². The van der Waals surface area contributed by atoms with Crippen LogP contribution in [0.1, 0.15) is 19.2 Å². The summed E-state index contributed by atoms with van der Waals surface area (Å²) in [6.07, 6.45) is 1.37. The minimum Gasteiger partial charge on any atom is -0.311 e. The van der Waals surface area contributed by atoms with Gasteiger partial charge in [-0.2, -0.15) is 13.9 Å². The zero-order valence-corrected chi connectivity index (χ0v) is 6.80. The van der Waals surface area contributed by atoms with E-state index in [9.17, 15) is 8.78 Å². The summed E-state index contributed by atoms with van der Waals surface area (Å²) in [6, 6.07) is 1.58. The van der Waals surface area contributed by atoms with Crippen molar-refractivity contribution in [2.75, 3.05) is 6.54 Å². The summed E-state index contributed by atoms with van der Waals surface area (Å²) >= 11 is 0. The van der Waals surface area contributed by atoms with E-state index in [4.69, 9.17) is 0 Å². The third kappa shape index (κ3) is 2.01. The average Bonchev–Trinajstić information content (AvgIpc) is 2.48. The fourth-order valence-electron chi connectivity index (χ4n) is 0.910. The van der Waals surface area contributed by atoms with E-state index in [0.717, 1.165) is 6.54 Å². The molecular weight excluding hydrogens is 164 g/mol. The molecule has 0 unspecified atom stereocenters. The van der Waals surface area contributed by atoms with Crippen molar-refractivity contribution >= 4 is 0 Å². The van der Waals surface area contributed by atoms with Gasteiger partial charge in [0.05, 0.1) is 5.69 Å². The maximum absolute atomic E-state index is 12.2. The number of halogens is 2. The molecule has 0 aliphatic carbocycles. The second-order valence-electron chi connectivity index (χ2n) is 2.33. The van der Waals surface area contributed by atoms with Crippen LogP contribution in [-0.4, -0.2) is 16.3 Å². The second-order valence-corrected chi connectivity index (χ2v) is 2.33. The van der Waals surface area contributed by atoms with Crippen molar-refractivity contribution in [3.63, 3.8) is 0 Å². The molecule has 1 aromatic rings. The first-order chi connectivity index (χ1) is 5.75. The summed E-state index contributed by atoms with van der Waals surface area (Å²) < 4.78 is 25.0. The lowest BCUT2D eigenvalue weighted by Gasteiger charge is -2.05. The molecule has 1 rings (SSSR count). The maximum atomic E-state index is 12.2. The van der Waals surface area contributed by atoms with E-state index in [2.05, 4.69) is 10.4 Å². The molecule has 68 valence electrons. The minimum atomic E-state index is -2.55. The zero-order chi connectivity index (χ0) is 8.97. The molecule has 0 spiro atoms. The maximum Gasteiger partial charge on any atom is 0.333 e. The lowest BCUT2D eigenvalue weighted by molar-refractivity contribution is 0.0531. The average molecular weight is 175 g/mol. The molecule has 12 heavy (non-hydrogen) atoms. The van der Waals surface area contributed by atoms with Crippen molar-refractivity contribution in [2.24, 2.45) is 0 Å². The molecule has 3 nitrogen and oxygen atoms in total. The van der Waals surface area contributed by atoms with E-state index in [-0.39, 0.29) is 0 Å². The summed E-state index contributed by atoms with van der Waals surface area (Å²) in [7, 11) is 0. The fourth-order valence-corrected chi connectivity index (χ4v) is 0.910. The van der Waals surface area contributed by atoms with Gasteiger partial charge in [-0.3, -0.25) is 0 Å². The molecule has 0 saturated carbocycles. The van der Waals surface area contributed by atoms with Gasteiger partial charge >= 0.3 is 6.55 Å². The number of hydrogen-bond donors (Lipinski definition) is 1. The van der Waals surface area contributed by atoms with Gasteiger partial charge < -0.3 is 5.32 Å². The molecule has 0 saturated heterocycles. The Morgan fingerprint density at radius 3 is 3.00 bits per heavy atom. The van der Waals surface area contributed by atoms with Gasteiger partial charge in [0.25, 0.3) is 0 Å². The van der Waals surface area contributed by atoms with Crippen LogP contribution in [0.25, 0.3) is 0 Å². The second kappa shape index (κ2) is 4.15. The molecule has 0 aliphatic rings. The van der Waals surface area contributed by atoms with Crippen molar-refractivity contribution < 1.29 is 8.78 Å². The van der Waals surface area contributed by atoms with E-state index in [1.807, 2.05) is 6.92 Å². The van der Waals surface area contributed by atoms with Crippen LogP contribution in [0.3, 0.4) is 0 Å². The van der Waals surface area contributed by atoms with Crippen LogP contribution in [-0.2, 0) is 6.54 Å². The molecule has 0 bridgehead atoms. The molecule has 5 heteroatoms. The quantitative estimate of drug-likeness (QED) is 0.749. The summed E-state index contributed by atoms with van der Waals surface area (Å²) in [5.74, 6) is 0. The molecule has 0 aliphatic heterocycles. The SMILES string of the molecule is CCNCc1ccnn1C(F)F. The van der Waals surface area contributed by atoms with Gasteiger partial charge in [-0.25, -0.2) is 4.68 Å². The molecular formula is C7H11F2N3. The summed E-state index contributed by atoms with van der Waals surface area (Å²) in [6.45, 7) is 0.562. The molecule has 1 heterocycles. The summed E-state index contributed by atoms with van der Waals surface area (Å²) in [4.78, 5) is 0. The Morgan fingerprint density at radius 1 is 1.67 bits per heavy atom. The molecule has 0 fully saturated rings. The van der Waals surface area contributed by atoms with Crippen LogP contribution in [0, 0.1) is 0 Å². The molecule has 0 radical (unpaired) electrons. The third-order valence-corrected chi connectivity index (χ3v) is 1.49. The van der Waals surface area contributed by atoms with Crippen LogP contribution >= 0.6 is 0 Å². The van der Waals surface area contributed by atoms with Gasteiger partial charge in [-0.05, 0) is 12.6 Å². The molecule has 1 aromatic heterocycles. The van der Waals surface area contributed by atoms with Crippen LogP contribution in [0.4, 0.5) is 8.78 Å². The standard InChI is InChI=1S/C7H11F2N3/c1-2-10-5-6-3-4-11-12(6)7(8)9/h3-4,7,10H,2,5H2,1H3. The number of nitrogens with one attached hydrogen (secondary N) is 1. The van der Waals surface area contributed by atoms with Gasteiger partial charge in [0, 0.05) is 12.7 Å². The number of rotatable bonds is 4. The predicted molar refractivity (Wildman–Crippen MR) is 40.9 cm³/mol. The van der Waals surface area contributed by atoms with Crippen molar-refractivity contribution in [2.45, 2.75) is 20.0 Å². The Kier molecular flexibility index (Phi) is 3.16. The molecule has 1 N–H and O–H groups in total. The van der Waals surface area contributed by atoms with Crippen LogP contribution in [0.5, 0.6) is 0 Å². The molecule has 0 atom stereocenters. The number of aromatic nitrogens is 2. The highest BCUT2D eigenvalue weighted by Gasteiger charge is 2.09. The fraction of sp³-hybridized carbons (Fsp3) is 0.571. The lowest BCUT2D eigenvalue weighted by atomic mass is 10.4. The van der Waals surface area contributed by atoms with Crippen molar-refractivity contribution in [3.8, 4) is 0 Å². The highest BCUT2D eigenvalue weighted by Crippen LogP contribution is 2.11. The Morgan fingerprint density at radius 2 is 2.42 bits per heavy atom. The van der Waals surface area contributed by atoms with E-state index in [1.54, 1.807) is 6.07 Å². The van der Waals surface area contributed by atoms with Gasteiger partial charge in [0.1, 0.15) is 0 Å². The first-order valence-electron chi connectivity index (χ1n) is 3.77. The Labute approximate surface area is 69.4 Å². The van der Waals surface area contributed by atoms with Crippen LogP contribution in [0.15, 0.2) is 12.3 Å². The minimum absolute atomic E-state index is 0.431. The monoisotopic (exact) mass is 175 g/mol. The molecule has 0 aromatic carbocycles. The number of nitrogens with zero attached hydrogens (tertiary/aromatic N) is 2. The molecule has 0 amide bonds. The first kappa shape index (κ1) is 9.12. The Bertz CT molecular complexity index is 234. The van der Waals surface area contributed by atoms with E-state index in [0.29, 0.717) is 16.9 Å². The Balaban J connectivity index is 2.64. The van der Waals surface area contributed by atoms with Crippen molar-refractivity contribution in [1.29, 1.82) is 0 Å². The summed E-state index contributed by atoms with van der Waals surface area (Å²) in [5.41, 5.74) is 0.506. The van der Waals surface area contributed by atoms with Gasteiger partial charge in [-0.1, -0.05) is 6.92 Å². The topological polar surface area (TPSA) is 29.9 Å². The largest absolute Gasteiger partial charge is 0.333 e. The van der Waals surface area contributed by atoms with E-state index >= 15 is 0 Å². The zero-order valence-electron chi connectivity index (χ0n) is 6.80. The normalized spacial score (nSPS) is 11.0. The van der Waals surface area contributed by atoms with Gasteiger partial charge in [-0.15, -0.1) is 0 Å². The van der Waals surface area contributed by atoms with E-state index in [1.165, 1.54) is 6.20 Å². The predicted octanol–water partition coefficient (Wildman–Crippen LogP) is 1.39. The highest BCUT2D eigenvalue weighted by molar-refractivity contribution is 5.00. The van der Waals surface area contributed by atoms with Crippen LogP contribution in [0.2, 0.25) is 0 Å². The Hall–Kier alpha value is -0.970. The van der Waals surface area contributed by atoms with Gasteiger partial charge in [0.2, 0.25) is 0 Å². The smallest absolute Gasteiger partial charge is 0.311 e. The van der Waals surface area contributed by atoms with Crippen molar-refractivity contribution in [1.82, 2.24) is 15.1 Å². The van der Waals surface area contributed by atoms with Crippen LogP contribution < -0.4 is 5.32 Å². The lowest BCUT2D eigenvalue weighted by Crippen LogP contribution is -2.16. The summed E-state index contributed by atoms with van der Waals surface area (Å²) in [5, 5.41) is 6.45. The third-order valence-electron chi connectivity index (χ3n) is 1.49. The number of hydrogen-bond acceptors (Lipinski definition) is 2.